The third-order valence-electron chi connectivity index (χ3n) is 1.47. The van der Waals surface area contributed by atoms with Crippen molar-refractivity contribution in [3.8, 4) is 0 Å². The highest BCUT2D eigenvalue weighted by Gasteiger charge is 2.06. The van der Waals surface area contributed by atoms with Gasteiger partial charge in [-0.3, -0.25) is 0 Å². The molecule has 0 aliphatic carbocycles. The van der Waals surface area contributed by atoms with Crippen LogP contribution in [-0.4, -0.2) is 23.5 Å². The summed E-state index contributed by atoms with van der Waals surface area (Å²) in [7, 11) is 0. The average molecular weight is 173 g/mol. The SMILES string of the molecule is CCCC[C@@H](CO)ON=C(C)C. The maximum atomic E-state index is 8.87. The molecule has 72 valence electrons. The summed E-state index contributed by atoms with van der Waals surface area (Å²) in [6, 6.07) is 0. The number of oxime groups is 1. The summed E-state index contributed by atoms with van der Waals surface area (Å²) in [5, 5.41) is 12.7. The Morgan fingerprint density at radius 3 is 2.58 bits per heavy atom. The molecule has 0 saturated heterocycles. The maximum Gasteiger partial charge on any atom is 0.150 e. The van der Waals surface area contributed by atoms with Crippen molar-refractivity contribution in [1.82, 2.24) is 0 Å². The van der Waals surface area contributed by atoms with Crippen LogP contribution in [0.3, 0.4) is 0 Å². The van der Waals surface area contributed by atoms with Crippen molar-refractivity contribution < 1.29 is 9.94 Å². The molecule has 0 unspecified atom stereocenters. The summed E-state index contributed by atoms with van der Waals surface area (Å²) in [5.74, 6) is 0. The molecule has 0 aliphatic rings. The first kappa shape index (κ1) is 11.4. The van der Waals surface area contributed by atoms with Crippen molar-refractivity contribution in [3.05, 3.63) is 0 Å². The third-order valence-corrected chi connectivity index (χ3v) is 1.47. The van der Waals surface area contributed by atoms with Crippen molar-refractivity contribution in [1.29, 1.82) is 0 Å². The maximum absolute atomic E-state index is 8.87. The minimum absolute atomic E-state index is 0.0524. The second kappa shape index (κ2) is 7.10. The fraction of sp³-hybridized carbons (Fsp3) is 0.889. The Bertz CT molecular complexity index is 130. The lowest BCUT2D eigenvalue weighted by Crippen LogP contribution is -2.15. The molecule has 3 nitrogen and oxygen atoms in total. The fourth-order valence-corrected chi connectivity index (χ4v) is 0.789. The summed E-state index contributed by atoms with van der Waals surface area (Å²) in [6.07, 6.45) is 2.95. The first-order chi connectivity index (χ1) is 5.70. The Kier molecular flexibility index (Phi) is 6.76. The predicted octanol–water partition coefficient (Wildman–Crippen LogP) is 1.95. The van der Waals surface area contributed by atoms with Gasteiger partial charge in [0.15, 0.2) is 0 Å². The number of hydrogen-bond acceptors (Lipinski definition) is 3. The quantitative estimate of drug-likeness (QED) is 0.492. The van der Waals surface area contributed by atoms with Crippen LogP contribution in [0, 0.1) is 0 Å². The molecule has 1 atom stereocenters. The second-order valence-corrected chi connectivity index (χ2v) is 3.09. The summed E-state index contributed by atoms with van der Waals surface area (Å²) in [6.45, 7) is 5.90. The smallest absolute Gasteiger partial charge is 0.150 e. The molecular formula is C9H19NO2. The predicted molar refractivity (Wildman–Crippen MR) is 50.3 cm³/mol. The first-order valence-corrected chi connectivity index (χ1v) is 4.48. The van der Waals surface area contributed by atoms with Crippen LogP contribution in [-0.2, 0) is 4.84 Å². The molecule has 0 heterocycles. The summed E-state index contributed by atoms with van der Waals surface area (Å²) >= 11 is 0. The molecule has 0 saturated carbocycles. The molecule has 0 fully saturated rings. The normalized spacial score (nSPS) is 12.3. The Labute approximate surface area is 74.4 Å². The van der Waals surface area contributed by atoms with Gasteiger partial charge in [0.1, 0.15) is 6.10 Å². The molecule has 0 radical (unpaired) electrons. The Morgan fingerprint density at radius 1 is 1.50 bits per heavy atom. The molecule has 3 heteroatoms. The van der Waals surface area contributed by atoms with Crippen molar-refractivity contribution in [3.63, 3.8) is 0 Å². The van der Waals surface area contributed by atoms with Crippen LogP contribution in [0.1, 0.15) is 40.0 Å². The van der Waals surface area contributed by atoms with Crippen LogP contribution in [0.15, 0.2) is 5.16 Å². The molecule has 12 heavy (non-hydrogen) atoms. The number of unbranched alkanes of at least 4 members (excludes halogenated alkanes) is 1. The van der Waals surface area contributed by atoms with Gasteiger partial charge in [0, 0.05) is 0 Å². The van der Waals surface area contributed by atoms with Crippen LogP contribution in [0.5, 0.6) is 0 Å². The Hall–Kier alpha value is -0.570. The molecular weight excluding hydrogens is 154 g/mol. The molecule has 0 aromatic heterocycles. The Balaban J connectivity index is 3.60. The number of aliphatic hydroxyl groups excluding tert-OH is 1. The van der Waals surface area contributed by atoms with Gasteiger partial charge >= 0.3 is 0 Å². The highest BCUT2D eigenvalue weighted by Crippen LogP contribution is 2.04. The average Bonchev–Trinajstić information content (AvgIpc) is 2.05. The molecule has 0 bridgehead atoms. The molecule has 0 rings (SSSR count). The van der Waals surface area contributed by atoms with Crippen LogP contribution in [0.25, 0.3) is 0 Å². The van der Waals surface area contributed by atoms with Crippen molar-refractivity contribution in [2.75, 3.05) is 6.61 Å². The van der Waals surface area contributed by atoms with Crippen molar-refractivity contribution >= 4 is 5.71 Å². The van der Waals surface area contributed by atoms with Gasteiger partial charge in [0.25, 0.3) is 0 Å². The van der Waals surface area contributed by atoms with E-state index >= 15 is 0 Å². The van der Waals surface area contributed by atoms with E-state index < -0.39 is 0 Å². The van der Waals surface area contributed by atoms with Gasteiger partial charge in [-0.25, -0.2) is 0 Å². The fourth-order valence-electron chi connectivity index (χ4n) is 0.789. The molecule has 0 spiro atoms. The van der Waals surface area contributed by atoms with Crippen LogP contribution in [0.4, 0.5) is 0 Å². The molecule has 0 aliphatic heterocycles. The Morgan fingerprint density at radius 2 is 2.17 bits per heavy atom. The number of nitrogens with zero attached hydrogens (tertiary/aromatic N) is 1. The van der Waals surface area contributed by atoms with Gasteiger partial charge in [0.05, 0.1) is 12.3 Å². The van der Waals surface area contributed by atoms with Gasteiger partial charge in [-0.05, 0) is 26.7 Å². The van der Waals surface area contributed by atoms with E-state index in [9.17, 15) is 0 Å². The van der Waals surface area contributed by atoms with Crippen molar-refractivity contribution in [2.24, 2.45) is 5.16 Å². The zero-order chi connectivity index (χ0) is 9.40. The van der Waals surface area contributed by atoms with E-state index in [0.29, 0.717) is 0 Å². The molecule has 1 N–H and O–H groups in total. The highest BCUT2D eigenvalue weighted by atomic mass is 16.6. The summed E-state index contributed by atoms with van der Waals surface area (Å²) in [5.41, 5.74) is 0.880. The standard InChI is InChI=1S/C9H19NO2/c1-4-5-6-9(7-11)12-10-8(2)3/h9,11H,4-7H2,1-3H3/t9-/m0/s1. The zero-order valence-electron chi connectivity index (χ0n) is 8.21. The lowest BCUT2D eigenvalue weighted by molar-refractivity contribution is 0.0102. The van der Waals surface area contributed by atoms with Crippen LogP contribution in [0.2, 0.25) is 0 Å². The van der Waals surface area contributed by atoms with Crippen LogP contribution < -0.4 is 0 Å². The van der Waals surface area contributed by atoms with Crippen molar-refractivity contribution in [2.45, 2.75) is 46.1 Å². The van der Waals surface area contributed by atoms with E-state index in [1.807, 2.05) is 13.8 Å². The van der Waals surface area contributed by atoms with E-state index in [-0.39, 0.29) is 12.7 Å². The molecule has 0 aromatic carbocycles. The van der Waals surface area contributed by atoms with Gasteiger partial charge in [-0.1, -0.05) is 18.5 Å². The topological polar surface area (TPSA) is 41.8 Å². The molecule has 0 aromatic rings. The number of hydrogen-bond donors (Lipinski definition) is 1. The van der Waals surface area contributed by atoms with E-state index in [4.69, 9.17) is 9.94 Å². The van der Waals surface area contributed by atoms with E-state index in [2.05, 4.69) is 12.1 Å². The summed E-state index contributed by atoms with van der Waals surface area (Å²) < 4.78 is 0. The largest absolute Gasteiger partial charge is 0.392 e. The van der Waals surface area contributed by atoms with E-state index in [1.165, 1.54) is 0 Å². The van der Waals surface area contributed by atoms with Crippen LogP contribution >= 0.6 is 0 Å². The van der Waals surface area contributed by atoms with Gasteiger partial charge < -0.3 is 9.94 Å². The number of aliphatic hydroxyl groups is 1. The lowest BCUT2D eigenvalue weighted by atomic mass is 10.2. The van der Waals surface area contributed by atoms with Gasteiger partial charge in [0.2, 0.25) is 0 Å². The van der Waals surface area contributed by atoms with Gasteiger partial charge in [-0.15, -0.1) is 0 Å². The minimum Gasteiger partial charge on any atom is -0.392 e. The van der Waals surface area contributed by atoms with Gasteiger partial charge in [-0.2, -0.15) is 0 Å². The molecule has 0 amide bonds. The highest BCUT2D eigenvalue weighted by molar-refractivity contribution is 5.78. The minimum atomic E-state index is -0.125. The summed E-state index contributed by atoms with van der Waals surface area (Å²) in [4.78, 5) is 5.09. The number of rotatable bonds is 6. The first-order valence-electron chi connectivity index (χ1n) is 4.48. The van der Waals surface area contributed by atoms with E-state index in [0.717, 1.165) is 25.0 Å². The second-order valence-electron chi connectivity index (χ2n) is 3.09. The third kappa shape index (κ3) is 6.16. The zero-order valence-corrected chi connectivity index (χ0v) is 8.21. The lowest BCUT2D eigenvalue weighted by Gasteiger charge is -2.11. The van der Waals surface area contributed by atoms with E-state index in [1.54, 1.807) is 0 Å². The monoisotopic (exact) mass is 173 g/mol.